The summed E-state index contributed by atoms with van der Waals surface area (Å²) in [5, 5.41) is 7.73. The summed E-state index contributed by atoms with van der Waals surface area (Å²) in [5.41, 5.74) is 9.19. The average Bonchev–Trinajstić information content (AvgIpc) is 3.03. The average molecular weight is 344 g/mol. The van der Waals surface area contributed by atoms with E-state index in [1.165, 1.54) is 49.7 Å². The normalized spacial score (nSPS) is 29.8. The Labute approximate surface area is 154 Å². The summed E-state index contributed by atoms with van der Waals surface area (Å²) >= 11 is 0. The van der Waals surface area contributed by atoms with Crippen molar-refractivity contribution in [2.24, 2.45) is 17.6 Å². The summed E-state index contributed by atoms with van der Waals surface area (Å²) in [6.07, 6.45) is 7.65. The van der Waals surface area contributed by atoms with E-state index in [0.717, 1.165) is 6.54 Å². The van der Waals surface area contributed by atoms with Crippen molar-refractivity contribution in [3.05, 3.63) is 35.4 Å². The van der Waals surface area contributed by atoms with Crippen molar-refractivity contribution < 1.29 is 0 Å². The van der Waals surface area contributed by atoms with Crippen molar-refractivity contribution in [2.75, 3.05) is 6.54 Å². The van der Waals surface area contributed by atoms with Crippen LogP contribution in [0.5, 0.6) is 0 Å². The number of rotatable bonds is 7. The molecule has 0 heterocycles. The molecule has 0 saturated heterocycles. The van der Waals surface area contributed by atoms with Crippen LogP contribution >= 0.6 is 0 Å². The fourth-order valence-corrected chi connectivity index (χ4v) is 4.67. The maximum atomic E-state index is 6.14. The molecule has 6 unspecified atom stereocenters. The molecule has 1 aromatic rings. The van der Waals surface area contributed by atoms with Crippen LogP contribution in [0.25, 0.3) is 0 Å². The molecule has 0 bridgehead atoms. The molecule has 1 aromatic carbocycles. The Morgan fingerprint density at radius 2 is 1.92 bits per heavy atom. The first-order valence-corrected chi connectivity index (χ1v) is 10.4. The molecule has 0 spiro atoms. The molecule has 0 aromatic heterocycles. The summed E-state index contributed by atoms with van der Waals surface area (Å²) in [6.45, 7) is 7.97. The lowest BCUT2D eigenvalue weighted by molar-refractivity contribution is 0.228. The van der Waals surface area contributed by atoms with Gasteiger partial charge < -0.3 is 16.4 Å². The quantitative estimate of drug-likeness (QED) is 0.706. The molecule has 1 saturated carbocycles. The van der Waals surface area contributed by atoms with Crippen LogP contribution in [0.1, 0.15) is 70.0 Å². The molecule has 3 rings (SSSR count). The van der Waals surface area contributed by atoms with Crippen LogP contribution < -0.4 is 16.4 Å². The van der Waals surface area contributed by atoms with E-state index in [9.17, 15) is 0 Å². The van der Waals surface area contributed by atoms with Gasteiger partial charge in [-0.3, -0.25) is 0 Å². The molecular formula is C22H37N3. The van der Waals surface area contributed by atoms with Crippen molar-refractivity contribution in [1.82, 2.24) is 10.6 Å². The fourth-order valence-electron chi connectivity index (χ4n) is 4.67. The number of benzene rings is 1. The van der Waals surface area contributed by atoms with Crippen LogP contribution in [0.3, 0.4) is 0 Å². The summed E-state index contributed by atoms with van der Waals surface area (Å²) in [4.78, 5) is 0. The van der Waals surface area contributed by atoms with Gasteiger partial charge in [-0.1, -0.05) is 37.6 Å². The number of aryl methyl sites for hydroxylation is 1. The second-order valence-electron chi connectivity index (χ2n) is 8.61. The topological polar surface area (TPSA) is 50.1 Å². The highest BCUT2D eigenvalue weighted by Crippen LogP contribution is 2.31. The van der Waals surface area contributed by atoms with Crippen LogP contribution in [0.15, 0.2) is 24.3 Å². The molecular weight excluding hydrogens is 306 g/mol. The minimum atomic E-state index is 0.335. The van der Waals surface area contributed by atoms with Crippen molar-refractivity contribution in [3.63, 3.8) is 0 Å². The zero-order valence-corrected chi connectivity index (χ0v) is 16.3. The predicted molar refractivity (Wildman–Crippen MR) is 107 cm³/mol. The van der Waals surface area contributed by atoms with Gasteiger partial charge in [-0.25, -0.2) is 0 Å². The Morgan fingerprint density at radius 3 is 2.72 bits per heavy atom. The van der Waals surface area contributed by atoms with E-state index in [0.29, 0.717) is 36.0 Å². The Bertz CT molecular complexity index is 542. The first kappa shape index (κ1) is 18.9. The van der Waals surface area contributed by atoms with Crippen LogP contribution in [-0.4, -0.2) is 24.7 Å². The maximum Gasteiger partial charge on any atom is 0.0326 e. The van der Waals surface area contributed by atoms with E-state index in [1.54, 1.807) is 0 Å². The van der Waals surface area contributed by atoms with Gasteiger partial charge in [-0.05, 0) is 75.5 Å². The zero-order valence-electron chi connectivity index (χ0n) is 16.3. The molecule has 3 heteroatoms. The Hall–Kier alpha value is -0.900. The summed E-state index contributed by atoms with van der Waals surface area (Å²) in [6, 6.07) is 11.0. The van der Waals surface area contributed by atoms with Gasteiger partial charge in [-0.2, -0.15) is 0 Å². The number of hydrogen-bond donors (Lipinski definition) is 3. The van der Waals surface area contributed by atoms with Crippen LogP contribution in [0.4, 0.5) is 0 Å². The first-order valence-electron chi connectivity index (χ1n) is 10.4. The second kappa shape index (κ2) is 8.66. The van der Waals surface area contributed by atoms with E-state index in [4.69, 9.17) is 5.73 Å². The van der Waals surface area contributed by atoms with Crippen molar-refractivity contribution in [1.29, 1.82) is 0 Å². The largest absolute Gasteiger partial charge is 0.328 e. The highest BCUT2D eigenvalue weighted by atomic mass is 15.0. The second-order valence-corrected chi connectivity index (χ2v) is 8.61. The van der Waals surface area contributed by atoms with E-state index >= 15 is 0 Å². The summed E-state index contributed by atoms with van der Waals surface area (Å²) < 4.78 is 0. The number of fused-ring (bicyclic) bond motifs is 1. The molecule has 1 fully saturated rings. The van der Waals surface area contributed by atoms with Gasteiger partial charge in [0.05, 0.1) is 0 Å². The van der Waals surface area contributed by atoms with Gasteiger partial charge in [0, 0.05) is 24.2 Å². The van der Waals surface area contributed by atoms with Crippen molar-refractivity contribution in [3.8, 4) is 0 Å². The Kier molecular flexibility index (Phi) is 6.54. The molecule has 0 aliphatic heterocycles. The third kappa shape index (κ3) is 4.84. The molecule has 3 nitrogen and oxygen atoms in total. The van der Waals surface area contributed by atoms with Gasteiger partial charge in [-0.15, -0.1) is 0 Å². The molecule has 0 radical (unpaired) electrons. The van der Waals surface area contributed by atoms with Gasteiger partial charge in [0.25, 0.3) is 0 Å². The number of nitrogens with two attached hydrogens (primary N) is 1. The SMILES string of the molecule is CC(N)C1CCCC(NC(C)C(C)CNC2CCc3ccccc32)C1. The minimum Gasteiger partial charge on any atom is -0.328 e. The maximum absolute atomic E-state index is 6.14. The number of hydrogen-bond acceptors (Lipinski definition) is 3. The molecule has 25 heavy (non-hydrogen) atoms. The van der Waals surface area contributed by atoms with E-state index in [-0.39, 0.29) is 0 Å². The molecule has 2 aliphatic rings. The molecule has 2 aliphatic carbocycles. The summed E-state index contributed by atoms with van der Waals surface area (Å²) in [5.74, 6) is 1.32. The lowest BCUT2D eigenvalue weighted by Crippen LogP contribution is -2.46. The highest BCUT2D eigenvalue weighted by Gasteiger charge is 2.27. The van der Waals surface area contributed by atoms with Crippen molar-refractivity contribution >= 4 is 0 Å². The van der Waals surface area contributed by atoms with Gasteiger partial charge in [0.1, 0.15) is 0 Å². The monoisotopic (exact) mass is 343 g/mol. The first-order chi connectivity index (χ1) is 12.0. The van der Waals surface area contributed by atoms with Crippen LogP contribution in [0.2, 0.25) is 0 Å². The predicted octanol–water partition coefficient (Wildman–Crippen LogP) is 3.78. The minimum absolute atomic E-state index is 0.335. The third-order valence-corrected chi connectivity index (χ3v) is 6.63. The molecule has 6 atom stereocenters. The number of nitrogens with one attached hydrogen (secondary N) is 2. The van der Waals surface area contributed by atoms with Gasteiger partial charge in [0.15, 0.2) is 0 Å². The molecule has 4 N–H and O–H groups in total. The van der Waals surface area contributed by atoms with Crippen LogP contribution in [0, 0.1) is 11.8 Å². The summed E-state index contributed by atoms with van der Waals surface area (Å²) in [7, 11) is 0. The third-order valence-electron chi connectivity index (χ3n) is 6.63. The smallest absolute Gasteiger partial charge is 0.0326 e. The molecule has 140 valence electrons. The molecule has 0 amide bonds. The standard InChI is InChI=1S/C22H37N3/c1-15(14-24-22-12-11-18-7-4-5-10-21(18)22)17(3)25-20-9-6-8-19(13-20)16(2)23/h4-5,7,10,15-17,19-20,22,24-25H,6,8-9,11-14,23H2,1-3H3. The van der Waals surface area contributed by atoms with Gasteiger partial charge in [0.2, 0.25) is 0 Å². The van der Waals surface area contributed by atoms with Crippen molar-refractivity contribution in [2.45, 2.75) is 83.5 Å². The lowest BCUT2D eigenvalue weighted by atomic mass is 9.81. The van der Waals surface area contributed by atoms with E-state index < -0.39 is 0 Å². The fraction of sp³-hybridized carbons (Fsp3) is 0.727. The Balaban J connectivity index is 1.44. The highest BCUT2D eigenvalue weighted by molar-refractivity contribution is 5.34. The lowest BCUT2D eigenvalue weighted by Gasteiger charge is -2.35. The van der Waals surface area contributed by atoms with Crippen LogP contribution in [-0.2, 0) is 6.42 Å². The van der Waals surface area contributed by atoms with Gasteiger partial charge >= 0.3 is 0 Å². The van der Waals surface area contributed by atoms with E-state index in [1.807, 2.05) is 0 Å². The zero-order chi connectivity index (χ0) is 17.8. The van der Waals surface area contributed by atoms with E-state index in [2.05, 4.69) is 55.7 Å². The Morgan fingerprint density at radius 1 is 1.12 bits per heavy atom.